The number of aliphatic hydroxyl groups excluding tert-OH is 2. The summed E-state index contributed by atoms with van der Waals surface area (Å²) in [6.45, 7) is 3.54. The Morgan fingerprint density at radius 2 is 0.900 bits per heavy atom. The third-order valence-electron chi connectivity index (χ3n) is 11.1. The second kappa shape index (κ2) is 47.4. The predicted octanol–water partition coefficient (Wildman–Crippen LogP) is 14.6. The van der Waals surface area contributed by atoms with Crippen molar-refractivity contribution in [3.63, 3.8) is 0 Å². The highest BCUT2D eigenvalue weighted by Crippen LogP contribution is 2.43. The van der Waals surface area contributed by atoms with Crippen molar-refractivity contribution < 1.29 is 43.0 Å². The third-order valence-corrected chi connectivity index (χ3v) is 12.1. The van der Waals surface area contributed by atoms with Crippen molar-refractivity contribution in [2.45, 2.75) is 257 Å². The molecule has 0 aliphatic heterocycles. The summed E-state index contributed by atoms with van der Waals surface area (Å²) in [6.07, 6.45) is 51.4. The van der Waals surface area contributed by atoms with Crippen molar-refractivity contribution in [1.29, 1.82) is 0 Å². The van der Waals surface area contributed by atoms with Gasteiger partial charge in [-0.25, -0.2) is 4.57 Å². The molecule has 0 saturated heterocycles. The molecule has 0 aromatic heterocycles. The highest BCUT2D eigenvalue weighted by Gasteiger charge is 2.26. The van der Waals surface area contributed by atoms with Crippen LogP contribution >= 0.6 is 7.82 Å². The number of aliphatic hydroxyl groups is 2. The molecule has 10 heteroatoms. The number of esters is 1. The lowest BCUT2D eigenvalue weighted by Gasteiger charge is -2.20. The standard InChI is InChI=1S/C50H97O9P/c1-3-5-7-9-11-13-15-17-19-21-23-24-26-28-30-32-34-36-38-40-42-50(53)59-49(47-58-60(54,55)57-45-48(52)44-51)46-56-43-41-39-37-35-33-31-29-27-25-22-20-18-16-14-12-10-8-6-4-2/h14,16,20,22,48-49,51-52H,3-13,15,17-19,21,23-47H2,1-2H3,(H,54,55)/b16-14-,22-20-. The Morgan fingerprint density at radius 1 is 0.517 bits per heavy atom. The van der Waals surface area contributed by atoms with E-state index in [1.54, 1.807) is 0 Å². The van der Waals surface area contributed by atoms with E-state index in [0.29, 0.717) is 6.61 Å². The summed E-state index contributed by atoms with van der Waals surface area (Å²) in [7, 11) is -4.52. The van der Waals surface area contributed by atoms with Crippen molar-refractivity contribution in [3.05, 3.63) is 24.3 Å². The van der Waals surface area contributed by atoms with Crippen LogP contribution in [-0.2, 0) is 27.9 Å². The van der Waals surface area contributed by atoms with Crippen molar-refractivity contribution in [2.24, 2.45) is 0 Å². The topological polar surface area (TPSA) is 132 Å². The van der Waals surface area contributed by atoms with E-state index in [1.165, 1.54) is 180 Å². The van der Waals surface area contributed by atoms with Crippen LogP contribution in [0.2, 0.25) is 0 Å². The summed E-state index contributed by atoms with van der Waals surface area (Å²) in [5.74, 6) is -0.379. The first kappa shape index (κ1) is 58.9. The molecule has 3 N–H and O–H groups in total. The van der Waals surface area contributed by atoms with E-state index in [2.05, 4.69) is 38.2 Å². The van der Waals surface area contributed by atoms with Gasteiger partial charge in [0.25, 0.3) is 0 Å². The summed E-state index contributed by atoms with van der Waals surface area (Å²) < 4.78 is 33.5. The van der Waals surface area contributed by atoms with Gasteiger partial charge in [-0.2, -0.15) is 0 Å². The van der Waals surface area contributed by atoms with Crippen LogP contribution in [0.25, 0.3) is 0 Å². The van der Waals surface area contributed by atoms with Crippen molar-refractivity contribution >= 4 is 13.8 Å². The number of phosphoric acid groups is 1. The molecule has 0 bridgehead atoms. The molecule has 0 aliphatic carbocycles. The van der Waals surface area contributed by atoms with Gasteiger partial charge in [0.15, 0.2) is 0 Å². The van der Waals surface area contributed by atoms with Crippen LogP contribution in [0, 0.1) is 0 Å². The first-order chi connectivity index (χ1) is 29.3. The molecule has 0 heterocycles. The van der Waals surface area contributed by atoms with E-state index in [1.807, 2.05) is 0 Å². The molecule has 0 rings (SSSR count). The molecule has 0 amide bonds. The van der Waals surface area contributed by atoms with Gasteiger partial charge in [-0.3, -0.25) is 13.8 Å². The molecule has 0 saturated carbocycles. The number of hydrogen-bond acceptors (Lipinski definition) is 8. The van der Waals surface area contributed by atoms with Crippen LogP contribution in [0.15, 0.2) is 24.3 Å². The number of ether oxygens (including phenoxy) is 2. The second-order valence-electron chi connectivity index (χ2n) is 17.2. The van der Waals surface area contributed by atoms with Gasteiger partial charge in [-0.1, -0.05) is 218 Å². The Balaban J connectivity index is 4.06. The van der Waals surface area contributed by atoms with Gasteiger partial charge in [0.2, 0.25) is 0 Å². The Hall–Kier alpha value is -1.06. The number of phosphoric ester groups is 1. The van der Waals surface area contributed by atoms with Crippen molar-refractivity contribution in [3.8, 4) is 0 Å². The molecule has 0 fully saturated rings. The van der Waals surface area contributed by atoms with E-state index in [0.717, 1.165) is 44.9 Å². The first-order valence-corrected chi connectivity index (χ1v) is 26.8. The smallest absolute Gasteiger partial charge is 0.457 e. The summed E-state index contributed by atoms with van der Waals surface area (Å²) in [5, 5.41) is 18.4. The van der Waals surface area contributed by atoms with Gasteiger partial charge < -0.3 is 24.6 Å². The summed E-state index contributed by atoms with van der Waals surface area (Å²) in [4.78, 5) is 22.7. The highest BCUT2D eigenvalue weighted by atomic mass is 31.2. The minimum absolute atomic E-state index is 0.0496. The maximum atomic E-state index is 12.7. The Kier molecular flexibility index (Phi) is 46.6. The Labute approximate surface area is 370 Å². The Morgan fingerprint density at radius 3 is 1.35 bits per heavy atom. The van der Waals surface area contributed by atoms with Crippen LogP contribution in [-0.4, -0.2) is 66.3 Å². The molecule has 60 heavy (non-hydrogen) atoms. The number of unbranched alkanes of at least 4 members (excludes halogenated alkanes) is 31. The summed E-state index contributed by atoms with van der Waals surface area (Å²) >= 11 is 0. The van der Waals surface area contributed by atoms with Crippen LogP contribution in [0.1, 0.15) is 245 Å². The van der Waals surface area contributed by atoms with Gasteiger partial charge >= 0.3 is 13.8 Å². The number of carbonyl (C=O) groups is 1. The van der Waals surface area contributed by atoms with E-state index in [4.69, 9.17) is 23.6 Å². The maximum Gasteiger partial charge on any atom is 0.472 e. The fraction of sp³-hybridized carbons (Fsp3) is 0.900. The highest BCUT2D eigenvalue weighted by molar-refractivity contribution is 7.47. The molecule has 0 radical (unpaired) electrons. The fourth-order valence-corrected chi connectivity index (χ4v) is 8.06. The zero-order chi connectivity index (χ0) is 43.9. The quantitative estimate of drug-likeness (QED) is 0.0237. The van der Waals surface area contributed by atoms with Crippen LogP contribution < -0.4 is 0 Å². The zero-order valence-electron chi connectivity index (χ0n) is 39.2. The lowest BCUT2D eigenvalue weighted by molar-refractivity contribution is -0.154. The van der Waals surface area contributed by atoms with Crippen LogP contribution in [0.5, 0.6) is 0 Å². The van der Waals surface area contributed by atoms with Crippen molar-refractivity contribution in [2.75, 3.05) is 33.0 Å². The van der Waals surface area contributed by atoms with Crippen LogP contribution in [0.3, 0.4) is 0 Å². The SMILES string of the molecule is CCCCCC/C=C\C/C=C\CCCCCCCCCCOCC(COP(=O)(O)OCC(O)CO)OC(=O)CCCCCCCCCCCCCCCCCCCCCC. The van der Waals surface area contributed by atoms with Crippen molar-refractivity contribution in [1.82, 2.24) is 0 Å². The van der Waals surface area contributed by atoms with E-state index >= 15 is 0 Å². The average molecular weight is 873 g/mol. The molecule has 3 unspecified atom stereocenters. The van der Waals surface area contributed by atoms with E-state index in [9.17, 15) is 19.4 Å². The summed E-state index contributed by atoms with van der Waals surface area (Å²) in [6, 6.07) is 0. The minimum atomic E-state index is -4.52. The van der Waals surface area contributed by atoms with Gasteiger partial charge in [0.05, 0.1) is 26.4 Å². The molecule has 0 aromatic carbocycles. The van der Waals surface area contributed by atoms with E-state index in [-0.39, 0.29) is 25.6 Å². The van der Waals surface area contributed by atoms with Crippen LogP contribution in [0.4, 0.5) is 0 Å². The molecular formula is C50H97O9P. The summed E-state index contributed by atoms with van der Waals surface area (Å²) in [5.41, 5.74) is 0. The maximum absolute atomic E-state index is 12.7. The average Bonchev–Trinajstić information content (AvgIpc) is 3.24. The van der Waals surface area contributed by atoms with Gasteiger partial charge in [-0.05, 0) is 44.9 Å². The first-order valence-electron chi connectivity index (χ1n) is 25.3. The number of allylic oxidation sites excluding steroid dienone is 4. The molecule has 3 atom stereocenters. The van der Waals surface area contributed by atoms with Gasteiger partial charge in [0.1, 0.15) is 12.2 Å². The minimum Gasteiger partial charge on any atom is -0.457 e. The third kappa shape index (κ3) is 46.4. The van der Waals surface area contributed by atoms with Gasteiger partial charge in [-0.15, -0.1) is 0 Å². The zero-order valence-corrected chi connectivity index (χ0v) is 40.1. The molecule has 356 valence electrons. The number of hydrogen-bond donors (Lipinski definition) is 3. The molecule has 0 aromatic rings. The molecular weight excluding hydrogens is 776 g/mol. The number of rotatable bonds is 49. The molecule has 0 aliphatic rings. The normalized spacial score (nSPS) is 14.0. The lowest BCUT2D eigenvalue weighted by atomic mass is 10.0. The Bertz CT molecular complexity index is 991. The van der Waals surface area contributed by atoms with Gasteiger partial charge in [0, 0.05) is 13.0 Å². The second-order valence-corrected chi connectivity index (χ2v) is 18.6. The number of carbonyl (C=O) groups excluding carboxylic acids is 1. The lowest BCUT2D eigenvalue weighted by Crippen LogP contribution is -2.29. The largest absolute Gasteiger partial charge is 0.472 e. The predicted molar refractivity (Wildman–Crippen MR) is 251 cm³/mol. The van der Waals surface area contributed by atoms with E-state index < -0.39 is 33.2 Å². The molecule has 9 nitrogen and oxygen atoms in total. The fourth-order valence-electron chi connectivity index (χ4n) is 7.27. The molecule has 0 spiro atoms. The monoisotopic (exact) mass is 873 g/mol.